The summed E-state index contributed by atoms with van der Waals surface area (Å²) in [6, 6.07) is 15.8. The average Bonchev–Trinajstić information content (AvgIpc) is 2.45. The highest BCUT2D eigenvalue weighted by molar-refractivity contribution is 14.1. The zero-order chi connectivity index (χ0) is 14.4. The zero-order valence-corrected chi connectivity index (χ0v) is 13.8. The summed E-state index contributed by atoms with van der Waals surface area (Å²) in [6.07, 6.45) is 0.813. The number of hydrogen-bond acceptors (Lipinski definition) is 3. The van der Waals surface area contributed by atoms with Crippen molar-refractivity contribution < 1.29 is 4.74 Å². The molecule has 0 heterocycles. The van der Waals surface area contributed by atoms with Gasteiger partial charge in [0.15, 0.2) is 0 Å². The molecule has 0 saturated heterocycles. The molecule has 0 radical (unpaired) electrons. The summed E-state index contributed by atoms with van der Waals surface area (Å²) >= 11 is 8.21. The first-order valence-electron chi connectivity index (χ1n) is 6.26. The number of halogens is 2. The van der Waals surface area contributed by atoms with Gasteiger partial charge in [-0.1, -0.05) is 29.8 Å². The highest BCUT2D eigenvalue weighted by Gasteiger charge is 2.09. The van der Waals surface area contributed by atoms with E-state index in [4.69, 9.17) is 22.2 Å². The van der Waals surface area contributed by atoms with E-state index in [0.717, 1.165) is 12.2 Å². The Bertz CT molecular complexity index is 548. The molecule has 5 heteroatoms. The summed E-state index contributed by atoms with van der Waals surface area (Å²) in [7, 11) is 0. The van der Waals surface area contributed by atoms with Gasteiger partial charge in [0.2, 0.25) is 0 Å². The second-order valence-electron chi connectivity index (χ2n) is 4.46. The molecule has 0 aliphatic heterocycles. The fraction of sp³-hybridized carbons (Fsp3) is 0.200. The lowest BCUT2D eigenvalue weighted by molar-refractivity contribution is 0.264. The smallest absolute Gasteiger partial charge is 0.120 e. The third-order valence-electron chi connectivity index (χ3n) is 2.88. The number of nitrogens with one attached hydrogen (secondary N) is 1. The average molecular weight is 403 g/mol. The van der Waals surface area contributed by atoms with Crippen molar-refractivity contribution >= 4 is 34.2 Å². The quantitative estimate of drug-likeness (QED) is 0.442. The molecule has 2 rings (SSSR count). The summed E-state index contributed by atoms with van der Waals surface area (Å²) in [5, 5.41) is 0.664. The molecule has 0 aromatic heterocycles. The van der Waals surface area contributed by atoms with Crippen molar-refractivity contribution in [3.63, 3.8) is 0 Å². The molecule has 0 spiro atoms. The number of nitrogens with two attached hydrogens (primary N) is 1. The second kappa shape index (κ2) is 7.83. The van der Waals surface area contributed by atoms with Crippen LogP contribution in [0.5, 0.6) is 5.75 Å². The molecule has 0 fully saturated rings. The van der Waals surface area contributed by atoms with Gasteiger partial charge in [0.05, 0.1) is 6.04 Å². The Morgan fingerprint density at radius 3 is 2.60 bits per heavy atom. The molecule has 0 aliphatic carbocycles. The normalized spacial score (nSPS) is 12.2. The SMILES string of the molecule is NNC(COc1cccc(Cl)c1)Cc1ccc(I)cc1. The van der Waals surface area contributed by atoms with Gasteiger partial charge in [-0.15, -0.1) is 0 Å². The third kappa shape index (κ3) is 4.94. The van der Waals surface area contributed by atoms with Crippen molar-refractivity contribution in [2.75, 3.05) is 6.61 Å². The topological polar surface area (TPSA) is 47.3 Å². The van der Waals surface area contributed by atoms with E-state index in [0.29, 0.717) is 11.6 Å². The van der Waals surface area contributed by atoms with E-state index >= 15 is 0 Å². The minimum absolute atomic E-state index is 0.0500. The molecule has 106 valence electrons. The van der Waals surface area contributed by atoms with Gasteiger partial charge in [0.25, 0.3) is 0 Å². The van der Waals surface area contributed by atoms with Gasteiger partial charge in [-0.25, -0.2) is 0 Å². The summed E-state index contributed by atoms with van der Waals surface area (Å²) in [5.74, 6) is 6.34. The molecule has 0 saturated carbocycles. The Balaban J connectivity index is 1.90. The van der Waals surface area contributed by atoms with Crippen LogP contribution < -0.4 is 16.0 Å². The van der Waals surface area contributed by atoms with Gasteiger partial charge in [-0.2, -0.15) is 0 Å². The molecule has 2 aromatic carbocycles. The number of benzene rings is 2. The predicted octanol–water partition coefficient (Wildman–Crippen LogP) is 3.40. The van der Waals surface area contributed by atoms with Crippen molar-refractivity contribution in [2.45, 2.75) is 12.5 Å². The minimum Gasteiger partial charge on any atom is -0.492 e. The fourth-order valence-electron chi connectivity index (χ4n) is 1.82. The molecular formula is C15H16ClIN2O. The summed E-state index contributed by atoms with van der Waals surface area (Å²) < 4.78 is 6.93. The van der Waals surface area contributed by atoms with E-state index in [2.05, 4.69) is 52.3 Å². The maximum atomic E-state index is 5.92. The van der Waals surface area contributed by atoms with Crippen molar-refractivity contribution in [3.8, 4) is 5.75 Å². The number of rotatable bonds is 6. The van der Waals surface area contributed by atoms with Crippen LogP contribution in [0.4, 0.5) is 0 Å². The van der Waals surface area contributed by atoms with Crippen LogP contribution in [-0.2, 0) is 6.42 Å². The number of hydrazine groups is 1. The van der Waals surface area contributed by atoms with Crippen LogP contribution in [0.3, 0.4) is 0 Å². The van der Waals surface area contributed by atoms with Gasteiger partial charge in [0, 0.05) is 8.59 Å². The first kappa shape index (κ1) is 15.6. The van der Waals surface area contributed by atoms with E-state index in [9.17, 15) is 0 Å². The van der Waals surface area contributed by atoms with E-state index in [1.807, 2.05) is 18.2 Å². The maximum Gasteiger partial charge on any atom is 0.120 e. The minimum atomic E-state index is 0.0500. The van der Waals surface area contributed by atoms with Crippen LogP contribution in [0.1, 0.15) is 5.56 Å². The molecule has 3 nitrogen and oxygen atoms in total. The van der Waals surface area contributed by atoms with Crippen LogP contribution in [0.25, 0.3) is 0 Å². The first-order valence-corrected chi connectivity index (χ1v) is 7.72. The molecule has 1 atom stereocenters. The lowest BCUT2D eigenvalue weighted by atomic mass is 10.1. The fourth-order valence-corrected chi connectivity index (χ4v) is 2.36. The lowest BCUT2D eigenvalue weighted by Crippen LogP contribution is -2.41. The van der Waals surface area contributed by atoms with Crippen molar-refractivity contribution in [1.29, 1.82) is 0 Å². The molecule has 20 heavy (non-hydrogen) atoms. The predicted molar refractivity (Wildman–Crippen MR) is 90.9 cm³/mol. The Morgan fingerprint density at radius 1 is 1.20 bits per heavy atom. The summed E-state index contributed by atoms with van der Waals surface area (Å²) in [6.45, 7) is 0.489. The Kier molecular flexibility index (Phi) is 6.09. The van der Waals surface area contributed by atoms with Gasteiger partial charge >= 0.3 is 0 Å². The van der Waals surface area contributed by atoms with E-state index in [1.54, 1.807) is 6.07 Å². The molecule has 0 bridgehead atoms. The number of hydrogen-bond donors (Lipinski definition) is 2. The highest BCUT2D eigenvalue weighted by atomic mass is 127. The molecule has 0 aliphatic rings. The van der Waals surface area contributed by atoms with Crippen LogP contribution in [0.15, 0.2) is 48.5 Å². The molecular weight excluding hydrogens is 387 g/mol. The molecule has 0 amide bonds. The summed E-state index contributed by atoms with van der Waals surface area (Å²) in [4.78, 5) is 0. The second-order valence-corrected chi connectivity index (χ2v) is 6.14. The Morgan fingerprint density at radius 2 is 1.95 bits per heavy atom. The molecule has 1 unspecified atom stereocenters. The standard InChI is InChI=1S/C15H16ClIN2O/c16-12-2-1-3-15(9-12)20-10-14(19-18)8-11-4-6-13(17)7-5-11/h1-7,9,14,19H,8,10,18H2. The highest BCUT2D eigenvalue weighted by Crippen LogP contribution is 2.17. The molecule has 3 N–H and O–H groups in total. The van der Waals surface area contributed by atoms with Crippen LogP contribution >= 0.6 is 34.2 Å². The summed E-state index contributed by atoms with van der Waals surface area (Å²) in [5.41, 5.74) is 4.02. The van der Waals surface area contributed by atoms with Gasteiger partial charge in [-0.3, -0.25) is 11.3 Å². The van der Waals surface area contributed by atoms with Crippen LogP contribution in [-0.4, -0.2) is 12.6 Å². The Labute approximate surface area is 137 Å². The Hall–Kier alpha value is -0.820. The van der Waals surface area contributed by atoms with Gasteiger partial charge < -0.3 is 4.74 Å². The first-order chi connectivity index (χ1) is 9.67. The van der Waals surface area contributed by atoms with Crippen LogP contribution in [0.2, 0.25) is 5.02 Å². The van der Waals surface area contributed by atoms with Crippen molar-refractivity contribution in [2.24, 2.45) is 5.84 Å². The number of ether oxygens (including phenoxy) is 1. The van der Waals surface area contributed by atoms with E-state index < -0.39 is 0 Å². The van der Waals surface area contributed by atoms with Gasteiger partial charge in [0.1, 0.15) is 12.4 Å². The van der Waals surface area contributed by atoms with E-state index in [1.165, 1.54) is 9.13 Å². The zero-order valence-electron chi connectivity index (χ0n) is 10.9. The largest absolute Gasteiger partial charge is 0.492 e. The van der Waals surface area contributed by atoms with Gasteiger partial charge in [-0.05, 0) is 64.9 Å². The van der Waals surface area contributed by atoms with Crippen molar-refractivity contribution in [3.05, 3.63) is 62.7 Å². The third-order valence-corrected chi connectivity index (χ3v) is 3.83. The monoisotopic (exact) mass is 402 g/mol. The van der Waals surface area contributed by atoms with Crippen molar-refractivity contribution in [1.82, 2.24) is 5.43 Å². The maximum absolute atomic E-state index is 5.92. The van der Waals surface area contributed by atoms with E-state index in [-0.39, 0.29) is 6.04 Å². The molecule has 2 aromatic rings. The lowest BCUT2D eigenvalue weighted by Gasteiger charge is -2.17. The van der Waals surface area contributed by atoms with Crippen LogP contribution in [0, 0.1) is 3.57 Å².